The topological polar surface area (TPSA) is 59.4 Å². The summed E-state index contributed by atoms with van der Waals surface area (Å²) in [5.74, 6) is 1.18. The number of methoxy groups -OCH3 is 1. The van der Waals surface area contributed by atoms with Crippen LogP contribution in [0.4, 0.5) is 0 Å². The molecule has 0 aliphatic carbocycles. The largest absolute Gasteiger partial charge is 0.497 e. The van der Waals surface area contributed by atoms with Crippen LogP contribution < -0.4 is 10.1 Å². The van der Waals surface area contributed by atoms with Crippen LogP contribution in [-0.2, 0) is 7.05 Å². The molecule has 0 saturated carbocycles. The van der Waals surface area contributed by atoms with Gasteiger partial charge >= 0.3 is 0 Å². The number of carbonyl (C=O) groups is 1. The first-order valence-electron chi connectivity index (χ1n) is 8.70. The van der Waals surface area contributed by atoms with Crippen molar-refractivity contribution in [2.75, 3.05) is 27.2 Å². The monoisotopic (exact) mass is 342 g/mol. The lowest BCUT2D eigenvalue weighted by Gasteiger charge is -2.39. The minimum atomic E-state index is -0.0679. The summed E-state index contributed by atoms with van der Waals surface area (Å²) >= 11 is 0. The molecule has 6 nitrogen and oxygen atoms in total. The molecule has 1 N–H and O–H groups in total. The predicted molar refractivity (Wildman–Crippen MR) is 96.6 cm³/mol. The van der Waals surface area contributed by atoms with Gasteiger partial charge in [0.1, 0.15) is 11.4 Å². The summed E-state index contributed by atoms with van der Waals surface area (Å²) in [7, 11) is 5.62. The zero-order valence-electron chi connectivity index (χ0n) is 15.1. The van der Waals surface area contributed by atoms with Gasteiger partial charge in [-0.1, -0.05) is 12.1 Å². The highest BCUT2D eigenvalue weighted by molar-refractivity contribution is 5.92. The number of piperidine rings is 1. The summed E-state index contributed by atoms with van der Waals surface area (Å²) < 4.78 is 6.86. The summed E-state index contributed by atoms with van der Waals surface area (Å²) in [4.78, 5) is 14.8. The lowest BCUT2D eigenvalue weighted by molar-refractivity contribution is 0.0883. The molecule has 0 bridgehead atoms. The van der Waals surface area contributed by atoms with Gasteiger partial charge in [-0.05, 0) is 56.1 Å². The molecule has 1 fully saturated rings. The van der Waals surface area contributed by atoms with Crippen molar-refractivity contribution < 1.29 is 9.53 Å². The number of benzene rings is 1. The van der Waals surface area contributed by atoms with E-state index >= 15 is 0 Å². The van der Waals surface area contributed by atoms with E-state index in [1.807, 2.05) is 12.1 Å². The van der Waals surface area contributed by atoms with Crippen LogP contribution in [0.3, 0.4) is 0 Å². The molecule has 1 aliphatic heterocycles. The average Bonchev–Trinajstić information content (AvgIpc) is 3.06. The molecular weight excluding hydrogens is 316 g/mol. The highest BCUT2D eigenvalue weighted by Crippen LogP contribution is 2.35. The van der Waals surface area contributed by atoms with Crippen molar-refractivity contribution in [2.24, 2.45) is 13.0 Å². The number of amides is 1. The average molecular weight is 342 g/mol. The van der Waals surface area contributed by atoms with E-state index in [2.05, 4.69) is 34.5 Å². The van der Waals surface area contributed by atoms with E-state index < -0.39 is 0 Å². The summed E-state index contributed by atoms with van der Waals surface area (Å²) in [6.45, 7) is 1.73. The van der Waals surface area contributed by atoms with Crippen molar-refractivity contribution in [3.63, 3.8) is 0 Å². The Bertz CT molecular complexity index is 710. The Morgan fingerprint density at radius 3 is 2.68 bits per heavy atom. The number of likely N-dealkylation sites (tertiary alicyclic amines) is 1. The van der Waals surface area contributed by atoms with Gasteiger partial charge in [-0.3, -0.25) is 14.4 Å². The van der Waals surface area contributed by atoms with Gasteiger partial charge in [0, 0.05) is 25.8 Å². The fourth-order valence-electron chi connectivity index (χ4n) is 3.71. The van der Waals surface area contributed by atoms with Gasteiger partial charge in [0.15, 0.2) is 0 Å². The van der Waals surface area contributed by atoms with E-state index in [-0.39, 0.29) is 5.91 Å². The number of aromatic nitrogens is 2. The van der Waals surface area contributed by atoms with Crippen molar-refractivity contribution >= 4 is 5.91 Å². The smallest absolute Gasteiger partial charge is 0.269 e. The summed E-state index contributed by atoms with van der Waals surface area (Å²) in [5, 5.41) is 7.15. The molecular formula is C19H26N4O2. The van der Waals surface area contributed by atoms with Gasteiger partial charge in [0.05, 0.1) is 7.11 Å². The molecule has 1 aromatic carbocycles. The first kappa shape index (κ1) is 17.5. The number of nitrogens with one attached hydrogen (secondary N) is 1. The van der Waals surface area contributed by atoms with E-state index in [1.165, 1.54) is 5.56 Å². The number of aryl methyl sites for hydroxylation is 1. The number of hydrogen-bond acceptors (Lipinski definition) is 4. The number of nitrogens with zero attached hydrogens (tertiary/aromatic N) is 3. The van der Waals surface area contributed by atoms with Gasteiger partial charge < -0.3 is 10.1 Å². The number of rotatable bonds is 5. The van der Waals surface area contributed by atoms with Crippen LogP contribution in [0.5, 0.6) is 5.75 Å². The molecule has 3 rings (SSSR count). The van der Waals surface area contributed by atoms with Crippen molar-refractivity contribution in [3.8, 4) is 5.75 Å². The molecule has 0 unspecified atom stereocenters. The molecule has 1 saturated heterocycles. The van der Waals surface area contributed by atoms with Gasteiger partial charge in [-0.25, -0.2) is 0 Å². The lowest BCUT2D eigenvalue weighted by Crippen LogP contribution is -2.42. The van der Waals surface area contributed by atoms with E-state index in [0.717, 1.165) is 25.1 Å². The van der Waals surface area contributed by atoms with Gasteiger partial charge in [0.25, 0.3) is 5.91 Å². The highest BCUT2D eigenvalue weighted by atomic mass is 16.5. The summed E-state index contributed by atoms with van der Waals surface area (Å²) in [6.07, 6.45) is 3.89. The van der Waals surface area contributed by atoms with Crippen LogP contribution in [0.15, 0.2) is 36.5 Å². The minimum absolute atomic E-state index is 0.0679. The van der Waals surface area contributed by atoms with Gasteiger partial charge in [0.2, 0.25) is 0 Å². The lowest BCUT2D eigenvalue weighted by atomic mass is 9.85. The SMILES string of the molecule is COc1ccc([C@@H]2[C@@H](CNC(=O)c3ccnn3C)CCCN2C)cc1. The Kier molecular flexibility index (Phi) is 5.38. The Balaban J connectivity index is 1.71. The molecule has 1 aliphatic rings. The summed E-state index contributed by atoms with van der Waals surface area (Å²) in [5.41, 5.74) is 1.85. The maximum atomic E-state index is 12.4. The first-order valence-corrected chi connectivity index (χ1v) is 8.70. The number of ether oxygens (including phenoxy) is 1. The standard InChI is InChI=1S/C19H26N4O2/c1-22-12-4-5-15(13-20-19(24)17-10-11-21-23(17)2)18(22)14-6-8-16(25-3)9-7-14/h6-11,15,18H,4-5,12-13H2,1-3H3,(H,20,24)/t15-,18-/m1/s1. The second kappa shape index (κ2) is 7.70. The van der Waals surface area contributed by atoms with Crippen LogP contribution in [0.2, 0.25) is 0 Å². The summed E-state index contributed by atoms with van der Waals surface area (Å²) in [6, 6.07) is 10.3. The maximum absolute atomic E-state index is 12.4. The second-order valence-electron chi connectivity index (χ2n) is 6.65. The molecule has 2 atom stereocenters. The zero-order chi connectivity index (χ0) is 17.8. The Morgan fingerprint density at radius 2 is 2.04 bits per heavy atom. The van der Waals surface area contributed by atoms with Crippen LogP contribution in [0, 0.1) is 5.92 Å². The van der Waals surface area contributed by atoms with Crippen LogP contribution in [0.1, 0.15) is 34.9 Å². The van der Waals surface area contributed by atoms with Crippen LogP contribution in [0.25, 0.3) is 0 Å². The fraction of sp³-hybridized carbons (Fsp3) is 0.474. The third kappa shape index (κ3) is 3.85. The fourth-order valence-corrected chi connectivity index (χ4v) is 3.71. The van der Waals surface area contributed by atoms with E-state index in [4.69, 9.17) is 4.74 Å². The third-order valence-electron chi connectivity index (χ3n) is 5.04. The molecule has 6 heteroatoms. The molecule has 1 aromatic heterocycles. The Labute approximate surface area is 148 Å². The van der Waals surface area contributed by atoms with Crippen molar-refractivity contribution in [2.45, 2.75) is 18.9 Å². The first-order chi connectivity index (χ1) is 12.1. The van der Waals surface area contributed by atoms with Crippen molar-refractivity contribution in [1.29, 1.82) is 0 Å². The molecule has 134 valence electrons. The number of hydrogen-bond donors (Lipinski definition) is 1. The molecule has 0 radical (unpaired) electrons. The van der Waals surface area contributed by atoms with E-state index in [1.54, 1.807) is 31.1 Å². The quantitative estimate of drug-likeness (QED) is 0.905. The molecule has 2 aromatic rings. The zero-order valence-corrected chi connectivity index (χ0v) is 15.1. The maximum Gasteiger partial charge on any atom is 0.269 e. The third-order valence-corrected chi connectivity index (χ3v) is 5.04. The van der Waals surface area contributed by atoms with Gasteiger partial charge in [-0.15, -0.1) is 0 Å². The van der Waals surface area contributed by atoms with Crippen molar-refractivity contribution in [1.82, 2.24) is 20.0 Å². The normalized spacial score (nSPS) is 21.1. The van der Waals surface area contributed by atoms with Crippen LogP contribution >= 0.6 is 0 Å². The predicted octanol–water partition coefficient (Wildman–Crippen LogP) is 2.24. The van der Waals surface area contributed by atoms with E-state index in [9.17, 15) is 4.79 Å². The molecule has 1 amide bonds. The van der Waals surface area contributed by atoms with E-state index in [0.29, 0.717) is 24.2 Å². The van der Waals surface area contributed by atoms with Crippen LogP contribution in [-0.4, -0.2) is 47.8 Å². The second-order valence-corrected chi connectivity index (χ2v) is 6.65. The molecule has 2 heterocycles. The Hall–Kier alpha value is -2.34. The Morgan fingerprint density at radius 1 is 1.28 bits per heavy atom. The molecule has 0 spiro atoms. The van der Waals surface area contributed by atoms with Crippen molar-refractivity contribution in [3.05, 3.63) is 47.8 Å². The van der Waals surface area contributed by atoms with Gasteiger partial charge in [-0.2, -0.15) is 5.10 Å². The number of carbonyl (C=O) groups excluding carboxylic acids is 1. The highest BCUT2D eigenvalue weighted by Gasteiger charge is 2.30. The molecule has 25 heavy (non-hydrogen) atoms. The minimum Gasteiger partial charge on any atom is -0.497 e.